The topological polar surface area (TPSA) is 66.2 Å². The molecule has 1 aromatic rings. The maximum absolute atomic E-state index is 11.9. The van der Waals surface area contributed by atoms with Crippen LogP contribution in [0.4, 0.5) is 0 Å². The molecule has 90 valence electrons. The molecule has 0 spiro atoms. The van der Waals surface area contributed by atoms with Gasteiger partial charge in [0.05, 0.1) is 17.9 Å². The molecule has 5 nitrogen and oxygen atoms in total. The van der Waals surface area contributed by atoms with E-state index in [4.69, 9.17) is 10.00 Å². The van der Waals surface area contributed by atoms with Crippen LogP contribution in [0.5, 0.6) is 5.75 Å². The van der Waals surface area contributed by atoms with Crippen LogP contribution in [0.1, 0.15) is 29.9 Å². The van der Waals surface area contributed by atoms with E-state index < -0.39 is 0 Å². The minimum Gasteiger partial charge on any atom is -0.489 e. The first-order chi connectivity index (χ1) is 7.95. The lowest BCUT2D eigenvalue weighted by molar-refractivity contribution is 0.0821. The van der Waals surface area contributed by atoms with Crippen LogP contribution in [0.15, 0.2) is 12.3 Å². The number of carbonyl (C=O) groups excluding carboxylic acids is 1. The van der Waals surface area contributed by atoms with Crippen molar-refractivity contribution >= 4 is 5.91 Å². The first-order valence-electron chi connectivity index (χ1n) is 5.24. The maximum Gasteiger partial charge on any atom is 0.257 e. The highest BCUT2D eigenvalue weighted by molar-refractivity contribution is 5.96. The summed E-state index contributed by atoms with van der Waals surface area (Å²) < 4.78 is 5.50. The molecule has 1 heterocycles. The van der Waals surface area contributed by atoms with E-state index in [9.17, 15) is 4.79 Å². The summed E-state index contributed by atoms with van der Waals surface area (Å²) in [6, 6.07) is 3.35. The number of nitriles is 1. The Kier molecular flexibility index (Phi) is 4.05. The van der Waals surface area contributed by atoms with E-state index in [1.807, 2.05) is 19.9 Å². The second-order valence-electron chi connectivity index (χ2n) is 4.04. The molecule has 0 aliphatic carbocycles. The Morgan fingerprint density at radius 1 is 1.53 bits per heavy atom. The van der Waals surface area contributed by atoms with Gasteiger partial charge in [-0.1, -0.05) is 0 Å². The van der Waals surface area contributed by atoms with Crippen molar-refractivity contribution in [2.75, 3.05) is 14.1 Å². The first kappa shape index (κ1) is 13.0. The second-order valence-corrected chi connectivity index (χ2v) is 4.04. The molecule has 1 aromatic heterocycles. The Labute approximate surface area is 101 Å². The lowest BCUT2D eigenvalue weighted by Gasteiger charge is -2.16. The number of ether oxygens (including phenoxy) is 1. The second kappa shape index (κ2) is 5.30. The molecule has 0 radical (unpaired) electrons. The number of carbonyl (C=O) groups is 1. The Hall–Kier alpha value is -2.09. The van der Waals surface area contributed by atoms with Crippen LogP contribution in [-0.4, -0.2) is 36.0 Å². The molecule has 0 fully saturated rings. The summed E-state index contributed by atoms with van der Waals surface area (Å²) in [5.41, 5.74) is 0.557. The predicted octanol–water partition coefficient (Wildman–Crippen LogP) is 1.44. The van der Waals surface area contributed by atoms with Gasteiger partial charge in [-0.3, -0.25) is 4.79 Å². The van der Waals surface area contributed by atoms with E-state index >= 15 is 0 Å². The van der Waals surface area contributed by atoms with Crippen LogP contribution in [0.2, 0.25) is 0 Å². The van der Waals surface area contributed by atoms with Crippen LogP contribution < -0.4 is 4.74 Å². The lowest BCUT2D eigenvalue weighted by atomic mass is 10.2. The van der Waals surface area contributed by atoms with Crippen molar-refractivity contribution in [1.82, 2.24) is 9.88 Å². The van der Waals surface area contributed by atoms with Crippen molar-refractivity contribution < 1.29 is 9.53 Å². The monoisotopic (exact) mass is 233 g/mol. The number of pyridine rings is 1. The predicted molar refractivity (Wildman–Crippen MR) is 62.7 cm³/mol. The van der Waals surface area contributed by atoms with Gasteiger partial charge in [-0.2, -0.15) is 5.26 Å². The summed E-state index contributed by atoms with van der Waals surface area (Å²) in [5, 5.41) is 8.78. The van der Waals surface area contributed by atoms with E-state index in [2.05, 4.69) is 4.98 Å². The van der Waals surface area contributed by atoms with E-state index in [1.165, 1.54) is 17.2 Å². The number of amides is 1. The van der Waals surface area contributed by atoms with Gasteiger partial charge >= 0.3 is 0 Å². The fraction of sp³-hybridized carbons (Fsp3) is 0.417. The normalized spacial score (nSPS) is 9.88. The maximum atomic E-state index is 11.9. The van der Waals surface area contributed by atoms with Crippen LogP contribution in [0, 0.1) is 11.3 Å². The van der Waals surface area contributed by atoms with Crippen molar-refractivity contribution in [2.24, 2.45) is 0 Å². The van der Waals surface area contributed by atoms with Gasteiger partial charge in [0.25, 0.3) is 5.91 Å². The third-order valence-electron chi connectivity index (χ3n) is 1.98. The van der Waals surface area contributed by atoms with Crippen molar-refractivity contribution in [3.05, 3.63) is 23.5 Å². The Balaban J connectivity index is 3.21. The summed E-state index contributed by atoms with van der Waals surface area (Å²) in [6.45, 7) is 3.73. The number of rotatable bonds is 3. The molecule has 0 bridgehead atoms. The largest absolute Gasteiger partial charge is 0.489 e. The van der Waals surface area contributed by atoms with E-state index in [0.29, 0.717) is 11.3 Å². The van der Waals surface area contributed by atoms with Crippen molar-refractivity contribution in [3.63, 3.8) is 0 Å². The molecule has 0 atom stereocenters. The molecule has 1 rings (SSSR count). The zero-order chi connectivity index (χ0) is 13.0. The highest BCUT2D eigenvalue weighted by Crippen LogP contribution is 2.20. The van der Waals surface area contributed by atoms with Gasteiger partial charge in [0.2, 0.25) is 0 Å². The highest BCUT2D eigenvalue weighted by atomic mass is 16.5. The van der Waals surface area contributed by atoms with Gasteiger partial charge in [0.1, 0.15) is 11.8 Å². The number of hydrogen-bond donors (Lipinski definition) is 0. The van der Waals surface area contributed by atoms with Gasteiger partial charge in [0.15, 0.2) is 5.75 Å². The Morgan fingerprint density at radius 3 is 2.65 bits per heavy atom. The van der Waals surface area contributed by atoms with E-state index in [0.717, 1.165) is 0 Å². The zero-order valence-electron chi connectivity index (χ0n) is 10.4. The molecule has 0 aliphatic heterocycles. The van der Waals surface area contributed by atoms with Crippen LogP contribution in [0.25, 0.3) is 0 Å². The van der Waals surface area contributed by atoms with Gasteiger partial charge < -0.3 is 9.64 Å². The Bertz CT molecular complexity index is 461. The van der Waals surface area contributed by atoms with Crippen LogP contribution in [-0.2, 0) is 0 Å². The first-order valence-corrected chi connectivity index (χ1v) is 5.24. The van der Waals surface area contributed by atoms with Crippen molar-refractivity contribution in [2.45, 2.75) is 20.0 Å². The molecular formula is C12H15N3O2. The lowest BCUT2D eigenvalue weighted by Crippen LogP contribution is -2.23. The summed E-state index contributed by atoms with van der Waals surface area (Å²) in [6.07, 6.45) is 1.35. The summed E-state index contributed by atoms with van der Waals surface area (Å²) >= 11 is 0. The standard InChI is InChI=1S/C12H15N3O2/c1-8(2)17-11-7-14-9(6-13)5-10(11)12(16)15(3)4/h5,7-8H,1-4H3. The molecule has 0 aromatic carbocycles. The average Bonchev–Trinajstić information content (AvgIpc) is 2.27. The van der Waals surface area contributed by atoms with Crippen LogP contribution in [0.3, 0.4) is 0 Å². The molecule has 0 saturated carbocycles. The quantitative estimate of drug-likeness (QED) is 0.792. The SMILES string of the molecule is CC(C)Oc1cnc(C#N)cc1C(=O)N(C)C. The van der Waals surface area contributed by atoms with Gasteiger partial charge in [-0.15, -0.1) is 0 Å². The number of hydrogen-bond acceptors (Lipinski definition) is 4. The molecule has 1 amide bonds. The van der Waals surface area contributed by atoms with Gasteiger partial charge in [-0.05, 0) is 19.9 Å². The molecular weight excluding hydrogens is 218 g/mol. The Morgan fingerprint density at radius 2 is 2.18 bits per heavy atom. The molecule has 0 N–H and O–H groups in total. The number of aromatic nitrogens is 1. The summed E-state index contributed by atoms with van der Waals surface area (Å²) in [4.78, 5) is 17.3. The average molecular weight is 233 g/mol. The molecule has 0 aliphatic rings. The van der Waals surface area contributed by atoms with E-state index in [-0.39, 0.29) is 17.7 Å². The highest BCUT2D eigenvalue weighted by Gasteiger charge is 2.17. The summed E-state index contributed by atoms with van der Waals surface area (Å²) in [5.74, 6) is 0.192. The van der Waals surface area contributed by atoms with E-state index in [1.54, 1.807) is 14.1 Å². The minimum absolute atomic E-state index is 0.0570. The number of nitrogens with zero attached hydrogens (tertiary/aromatic N) is 3. The van der Waals surface area contributed by atoms with Gasteiger partial charge in [0, 0.05) is 14.1 Å². The molecule has 0 saturated heterocycles. The smallest absolute Gasteiger partial charge is 0.257 e. The molecule has 5 heteroatoms. The third kappa shape index (κ3) is 3.18. The molecule has 17 heavy (non-hydrogen) atoms. The van der Waals surface area contributed by atoms with Gasteiger partial charge in [-0.25, -0.2) is 4.98 Å². The molecule has 0 unspecified atom stereocenters. The fourth-order valence-corrected chi connectivity index (χ4v) is 1.26. The van der Waals surface area contributed by atoms with Crippen LogP contribution >= 0.6 is 0 Å². The third-order valence-corrected chi connectivity index (χ3v) is 1.98. The van der Waals surface area contributed by atoms with Crippen molar-refractivity contribution in [3.8, 4) is 11.8 Å². The zero-order valence-corrected chi connectivity index (χ0v) is 10.4. The van der Waals surface area contributed by atoms with Crippen molar-refractivity contribution in [1.29, 1.82) is 5.26 Å². The minimum atomic E-state index is -0.209. The fourth-order valence-electron chi connectivity index (χ4n) is 1.26. The summed E-state index contributed by atoms with van der Waals surface area (Å²) in [7, 11) is 3.29.